The van der Waals surface area contributed by atoms with Gasteiger partial charge < -0.3 is 20.2 Å². The summed E-state index contributed by atoms with van der Waals surface area (Å²) in [4.78, 5) is 39.9. The Morgan fingerprint density at radius 1 is 1.31 bits per heavy atom. The first-order valence-electron chi connectivity index (χ1n) is 9.71. The topological polar surface area (TPSA) is 114 Å². The Hall–Kier alpha value is -2.92. The van der Waals surface area contributed by atoms with Crippen LogP contribution in [0.15, 0.2) is 30.3 Å². The lowest BCUT2D eigenvalue weighted by molar-refractivity contribution is -0.145. The van der Waals surface area contributed by atoms with Gasteiger partial charge in [-0.3, -0.25) is 14.4 Å². The number of hydrogen-bond donors (Lipinski definition) is 2. The van der Waals surface area contributed by atoms with Crippen molar-refractivity contribution in [3.05, 3.63) is 30.3 Å². The minimum Gasteiger partial charge on any atom is -0.383 e. The molecule has 0 radical (unpaired) electrons. The highest BCUT2D eigenvalue weighted by Gasteiger charge is 2.39. The zero-order valence-electron chi connectivity index (χ0n) is 17.0. The van der Waals surface area contributed by atoms with E-state index in [0.717, 1.165) is 0 Å². The lowest BCUT2D eigenvalue weighted by Gasteiger charge is -2.25. The number of hydrogen-bond acceptors (Lipinski definition) is 5. The Bertz CT molecular complexity index is 775. The Kier molecular flexibility index (Phi) is 7.74. The zero-order chi connectivity index (χ0) is 21.6. The van der Waals surface area contributed by atoms with Gasteiger partial charge in [0.05, 0.1) is 18.5 Å². The molecule has 1 heterocycles. The highest BCUT2D eigenvalue weighted by Crippen LogP contribution is 2.25. The smallest absolute Gasteiger partial charge is 0.251 e. The molecule has 3 unspecified atom stereocenters. The average Bonchev–Trinajstić information content (AvgIpc) is 3.12. The average molecular weight is 400 g/mol. The van der Waals surface area contributed by atoms with Crippen molar-refractivity contribution in [3.8, 4) is 6.07 Å². The third-order valence-electron chi connectivity index (χ3n) is 4.91. The van der Waals surface area contributed by atoms with Gasteiger partial charge in [0.2, 0.25) is 11.8 Å². The van der Waals surface area contributed by atoms with Crippen LogP contribution < -0.4 is 5.32 Å². The van der Waals surface area contributed by atoms with Gasteiger partial charge in [-0.1, -0.05) is 32.0 Å². The number of benzene rings is 1. The summed E-state index contributed by atoms with van der Waals surface area (Å²) >= 11 is 0. The number of carbonyl (C=O) groups is 3. The molecule has 1 aliphatic rings. The van der Waals surface area contributed by atoms with Crippen LogP contribution in [0, 0.1) is 23.2 Å². The molecule has 29 heavy (non-hydrogen) atoms. The maximum absolute atomic E-state index is 12.7. The van der Waals surface area contributed by atoms with Crippen LogP contribution in [-0.2, 0) is 14.4 Å². The van der Waals surface area contributed by atoms with E-state index in [2.05, 4.69) is 11.4 Å². The molecular formula is C21H28N4O4. The second-order valence-corrected chi connectivity index (χ2v) is 7.82. The maximum atomic E-state index is 12.7. The molecule has 1 fully saturated rings. The van der Waals surface area contributed by atoms with Crippen molar-refractivity contribution in [1.29, 1.82) is 5.26 Å². The summed E-state index contributed by atoms with van der Waals surface area (Å²) in [5.41, 5.74) is 0.653. The standard InChI is InChI=1S/C21H28N4O4/c1-14(2)9-18(26)21(29)24(3)13-19(27)25-12-15(10-17(25)11-22)20(28)23-16-7-5-4-6-8-16/h4-8,14-15,17-18,26H,9-10,12-13H2,1-3H3,(H,23,28). The van der Waals surface area contributed by atoms with Gasteiger partial charge in [0, 0.05) is 19.3 Å². The highest BCUT2D eigenvalue weighted by atomic mass is 16.3. The molecule has 3 atom stereocenters. The molecule has 2 rings (SSSR count). The summed E-state index contributed by atoms with van der Waals surface area (Å²) in [5, 5.41) is 22.2. The third-order valence-corrected chi connectivity index (χ3v) is 4.91. The number of nitrogens with zero attached hydrogens (tertiary/aromatic N) is 3. The van der Waals surface area contributed by atoms with Crippen molar-refractivity contribution in [2.75, 3.05) is 25.5 Å². The highest BCUT2D eigenvalue weighted by molar-refractivity contribution is 5.94. The normalized spacial score (nSPS) is 19.5. The first-order chi connectivity index (χ1) is 13.7. The van der Waals surface area contributed by atoms with E-state index in [4.69, 9.17) is 0 Å². The quantitative estimate of drug-likeness (QED) is 0.715. The molecule has 1 aromatic carbocycles. The van der Waals surface area contributed by atoms with Crippen LogP contribution in [-0.4, -0.2) is 64.9 Å². The van der Waals surface area contributed by atoms with Gasteiger partial charge in [-0.15, -0.1) is 0 Å². The Labute approximate surface area is 171 Å². The van der Waals surface area contributed by atoms with E-state index < -0.39 is 29.9 Å². The van der Waals surface area contributed by atoms with E-state index in [1.54, 1.807) is 24.3 Å². The van der Waals surface area contributed by atoms with Crippen LogP contribution in [0.1, 0.15) is 26.7 Å². The van der Waals surface area contributed by atoms with Gasteiger partial charge in [0.15, 0.2) is 0 Å². The van der Waals surface area contributed by atoms with Crippen LogP contribution in [0.2, 0.25) is 0 Å². The first kappa shape index (κ1) is 22.4. The van der Waals surface area contributed by atoms with Crippen molar-refractivity contribution < 1.29 is 19.5 Å². The molecule has 1 aromatic rings. The van der Waals surface area contributed by atoms with Crippen LogP contribution >= 0.6 is 0 Å². The van der Waals surface area contributed by atoms with Crippen LogP contribution in [0.25, 0.3) is 0 Å². The van der Waals surface area contributed by atoms with E-state index in [-0.39, 0.29) is 31.3 Å². The Balaban J connectivity index is 1.96. The Morgan fingerprint density at radius 3 is 2.55 bits per heavy atom. The number of aliphatic hydroxyl groups is 1. The van der Waals surface area contributed by atoms with Gasteiger partial charge in [0.1, 0.15) is 12.1 Å². The summed E-state index contributed by atoms with van der Waals surface area (Å²) in [6.07, 6.45) is -0.611. The molecule has 156 valence electrons. The number of para-hydroxylation sites is 1. The molecule has 2 N–H and O–H groups in total. The molecule has 0 spiro atoms. The van der Waals surface area contributed by atoms with Crippen molar-refractivity contribution in [2.45, 2.75) is 38.8 Å². The molecule has 0 bridgehead atoms. The van der Waals surface area contributed by atoms with Crippen molar-refractivity contribution in [3.63, 3.8) is 0 Å². The molecule has 8 nitrogen and oxygen atoms in total. The van der Waals surface area contributed by atoms with Crippen LogP contribution in [0.3, 0.4) is 0 Å². The molecule has 0 aliphatic carbocycles. The van der Waals surface area contributed by atoms with Crippen molar-refractivity contribution >= 4 is 23.4 Å². The van der Waals surface area contributed by atoms with E-state index in [1.165, 1.54) is 16.8 Å². The fourth-order valence-electron chi connectivity index (χ4n) is 3.36. The first-order valence-corrected chi connectivity index (χ1v) is 9.71. The number of carbonyl (C=O) groups excluding carboxylic acids is 3. The number of nitriles is 1. The Morgan fingerprint density at radius 2 is 1.97 bits per heavy atom. The lowest BCUT2D eigenvalue weighted by atomic mass is 10.1. The zero-order valence-corrected chi connectivity index (χ0v) is 17.0. The minimum absolute atomic E-state index is 0.117. The van der Waals surface area contributed by atoms with Gasteiger partial charge in [-0.05, 0) is 30.9 Å². The summed E-state index contributed by atoms with van der Waals surface area (Å²) in [6, 6.07) is 10.3. The summed E-state index contributed by atoms with van der Waals surface area (Å²) in [5.74, 6) is -1.55. The van der Waals surface area contributed by atoms with Gasteiger partial charge in [-0.25, -0.2) is 0 Å². The lowest BCUT2D eigenvalue weighted by Crippen LogP contribution is -2.46. The number of likely N-dealkylation sites (N-methyl/N-ethyl adjacent to an activating group) is 1. The number of anilines is 1. The van der Waals surface area contributed by atoms with E-state index >= 15 is 0 Å². The number of aliphatic hydroxyl groups excluding tert-OH is 1. The molecule has 1 aliphatic heterocycles. The van der Waals surface area contributed by atoms with Crippen molar-refractivity contribution in [1.82, 2.24) is 9.80 Å². The monoisotopic (exact) mass is 400 g/mol. The number of nitrogens with one attached hydrogen (secondary N) is 1. The second-order valence-electron chi connectivity index (χ2n) is 7.82. The largest absolute Gasteiger partial charge is 0.383 e. The number of rotatable bonds is 7. The number of amides is 3. The van der Waals surface area contributed by atoms with Crippen LogP contribution in [0.4, 0.5) is 5.69 Å². The molecule has 1 saturated heterocycles. The third kappa shape index (κ3) is 6.03. The maximum Gasteiger partial charge on any atom is 0.251 e. The van der Waals surface area contributed by atoms with E-state index in [9.17, 15) is 24.8 Å². The SMILES string of the molecule is CC(C)CC(O)C(=O)N(C)CC(=O)N1CC(C(=O)Nc2ccccc2)CC1C#N. The molecule has 8 heteroatoms. The molecule has 0 saturated carbocycles. The summed E-state index contributed by atoms with van der Waals surface area (Å²) in [7, 11) is 1.45. The summed E-state index contributed by atoms with van der Waals surface area (Å²) < 4.78 is 0. The van der Waals surface area contributed by atoms with Gasteiger partial charge in [0.25, 0.3) is 5.91 Å². The second kappa shape index (κ2) is 10.0. The fraction of sp³-hybridized carbons (Fsp3) is 0.524. The van der Waals surface area contributed by atoms with Gasteiger partial charge in [-0.2, -0.15) is 5.26 Å². The van der Waals surface area contributed by atoms with Crippen LogP contribution in [0.5, 0.6) is 0 Å². The summed E-state index contributed by atoms with van der Waals surface area (Å²) in [6.45, 7) is 3.65. The van der Waals surface area contributed by atoms with Gasteiger partial charge >= 0.3 is 0 Å². The predicted molar refractivity (Wildman–Crippen MR) is 107 cm³/mol. The molecular weight excluding hydrogens is 372 g/mol. The van der Waals surface area contributed by atoms with E-state index in [0.29, 0.717) is 12.1 Å². The molecule has 0 aromatic heterocycles. The van der Waals surface area contributed by atoms with Crippen molar-refractivity contribution in [2.24, 2.45) is 11.8 Å². The van der Waals surface area contributed by atoms with E-state index in [1.807, 2.05) is 19.9 Å². The fourth-order valence-corrected chi connectivity index (χ4v) is 3.36. The predicted octanol–water partition coefficient (Wildman–Crippen LogP) is 1.23. The molecule has 3 amide bonds. The number of likely N-dealkylation sites (tertiary alicyclic amines) is 1. The minimum atomic E-state index is -1.16.